The Kier molecular flexibility index (Phi) is 6.50. The molecule has 3 N–H and O–H groups in total. The maximum absolute atomic E-state index is 13.6. The van der Waals surface area contributed by atoms with Crippen molar-refractivity contribution in [1.29, 1.82) is 5.41 Å². The molecule has 0 saturated carbocycles. The highest BCUT2D eigenvalue weighted by molar-refractivity contribution is 9.10. The molecule has 0 bridgehead atoms. The summed E-state index contributed by atoms with van der Waals surface area (Å²) in [5, 5.41) is 12.2. The predicted octanol–water partition coefficient (Wildman–Crippen LogP) is 4.95. The van der Waals surface area contributed by atoms with Crippen LogP contribution in [0.5, 0.6) is 0 Å². The number of aromatic nitrogens is 1. The number of amides is 1. The molecule has 1 amide bonds. The second-order valence-corrected chi connectivity index (χ2v) is 6.14. The Morgan fingerprint density at radius 1 is 1.33 bits per heavy atom. The number of hydrazone groups is 1. The van der Waals surface area contributed by atoms with Gasteiger partial charge in [-0.3, -0.25) is 10.2 Å². The molecule has 6 nitrogen and oxygen atoms in total. The Hall–Kier alpha value is -2.53. The lowest BCUT2D eigenvalue weighted by Gasteiger charge is -2.14. The van der Waals surface area contributed by atoms with E-state index in [4.69, 9.17) is 17.0 Å². The predicted molar refractivity (Wildman–Crippen MR) is 97.2 cm³/mol. The van der Waals surface area contributed by atoms with Gasteiger partial charge in [-0.1, -0.05) is 11.6 Å². The minimum Gasteiger partial charge on any atom is -0.321 e. The first-order valence-corrected chi connectivity index (χ1v) is 8.12. The summed E-state index contributed by atoms with van der Waals surface area (Å²) in [6.07, 6.45) is -2.16. The van der Waals surface area contributed by atoms with Gasteiger partial charge in [0.05, 0.1) is 33.2 Å². The monoisotopic (exact) mass is 465 g/mol. The lowest BCUT2D eigenvalue weighted by atomic mass is 10.2. The van der Waals surface area contributed by atoms with Gasteiger partial charge in [0.15, 0.2) is 5.82 Å². The van der Waals surface area contributed by atoms with Crippen LogP contribution in [0.15, 0.2) is 34.0 Å². The summed E-state index contributed by atoms with van der Waals surface area (Å²) in [4.78, 5) is 15.8. The van der Waals surface area contributed by atoms with Crippen LogP contribution in [0.4, 0.5) is 29.1 Å². The summed E-state index contributed by atoms with van der Waals surface area (Å²) in [6, 6.07) is 2.64. The van der Waals surface area contributed by atoms with E-state index >= 15 is 0 Å². The molecule has 0 unspecified atom stereocenters. The van der Waals surface area contributed by atoms with Crippen LogP contribution in [0.1, 0.15) is 15.9 Å². The number of anilines is 2. The van der Waals surface area contributed by atoms with Crippen molar-refractivity contribution in [3.63, 3.8) is 0 Å². The van der Waals surface area contributed by atoms with E-state index in [1.165, 1.54) is 0 Å². The second kappa shape index (κ2) is 8.44. The molecule has 0 aliphatic heterocycles. The quantitative estimate of drug-likeness (QED) is 0.252. The first-order chi connectivity index (χ1) is 12.6. The molecule has 12 heteroatoms. The third kappa shape index (κ3) is 5.23. The molecule has 0 atom stereocenters. The van der Waals surface area contributed by atoms with Gasteiger partial charge >= 0.3 is 6.18 Å². The molecule has 0 aliphatic carbocycles. The van der Waals surface area contributed by atoms with E-state index in [-0.39, 0.29) is 20.7 Å². The van der Waals surface area contributed by atoms with Gasteiger partial charge in [0.2, 0.25) is 0 Å². The number of alkyl halides is 3. The van der Waals surface area contributed by atoms with E-state index in [1.807, 2.05) is 0 Å². The fourth-order valence-corrected chi connectivity index (χ4v) is 2.59. The minimum absolute atomic E-state index is 0.0333. The Morgan fingerprint density at radius 2 is 2.04 bits per heavy atom. The van der Waals surface area contributed by atoms with Crippen molar-refractivity contribution in [2.24, 2.45) is 5.10 Å². The minimum atomic E-state index is -4.79. The Bertz CT molecular complexity index is 920. The van der Waals surface area contributed by atoms with Crippen LogP contribution in [-0.4, -0.2) is 23.3 Å². The van der Waals surface area contributed by atoms with Crippen molar-refractivity contribution in [1.82, 2.24) is 4.98 Å². The highest BCUT2D eigenvalue weighted by atomic mass is 79.9. The van der Waals surface area contributed by atoms with Gasteiger partial charge in [0, 0.05) is 6.21 Å². The van der Waals surface area contributed by atoms with Crippen molar-refractivity contribution in [2.75, 3.05) is 10.7 Å². The normalized spacial score (nSPS) is 11.5. The third-order valence-electron chi connectivity index (χ3n) is 3.03. The largest absolute Gasteiger partial charge is 0.420 e. The van der Waals surface area contributed by atoms with Gasteiger partial charge < -0.3 is 10.7 Å². The van der Waals surface area contributed by atoms with Crippen molar-refractivity contribution in [3.05, 3.63) is 50.8 Å². The molecule has 0 spiro atoms. The Morgan fingerprint density at radius 3 is 2.67 bits per heavy atom. The van der Waals surface area contributed by atoms with Crippen LogP contribution < -0.4 is 10.7 Å². The molecule has 1 aromatic carbocycles. The molecule has 0 radical (unpaired) electrons. The van der Waals surface area contributed by atoms with Gasteiger partial charge in [0.1, 0.15) is 11.4 Å². The molecule has 2 aromatic rings. The number of hydrogen-bond donors (Lipinski definition) is 3. The summed E-state index contributed by atoms with van der Waals surface area (Å²) in [7, 11) is 0. The van der Waals surface area contributed by atoms with Crippen LogP contribution in [-0.2, 0) is 6.18 Å². The summed E-state index contributed by atoms with van der Waals surface area (Å²) < 4.78 is 53.2. The van der Waals surface area contributed by atoms with Crippen LogP contribution >= 0.6 is 27.5 Å². The van der Waals surface area contributed by atoms with Gasteiger partial charge in [-0.2, -0.15) is 18.3 Å². The lowest BCUT2D eigenvalue weighted by Crippen LogP contribution is -2.16. The van der Waals surface area contributed by atoms with Gasteiger partial charge in [0.25, 0.3) is 5.91 Å². The van der Waals surface area contributed by atoms with Crippen LogP contribution in [0.25, 0.3) is 0 Å². The average molecular weight is 467 g/mol. The van der Waals surface area contributed by atoms with Crippen LogP contribution in [0.2, 0.25) is 5.02 Å². The number of pyridine rings is 1. The Balaban J connectivity index is 2.34. The highest BCUT2D eigenvalue weighted by Gasteiger charge is 2.35. The molecule has 2 rings (SSSR count). The molecule has 0 fully saturated rings. The topological polar surface area (TPSA) is 90.2 Å². The number of nitrogens with zero attached hydrogens (tertiary/aromatic N) is 2. The van der Waals surface area contributed by atoms with Crippen molar-refractivity contribution in [2.45, 2.75) is 6.18 Å². The van der Waals surface area contributed by atoms with E-state index in [9.17, 15) is 22.4 Å². The molecule has 27 heavy (non-hydrogen) atoms. The molecule has 142 valence electrons. The molecule has 0 saturated heterocycles. The number of halogens is 6. The van der Waals surface area contributed by atoms with E-state index in [0.717, 1.165) is 30.8 Å². The van der Waals surface area contributed by atoms with Gasteiger partial charge in [-0.25, -0.2) is 9.37 Å². The zero-order valence-corrected chi connectivity index (χ0v) is 15.4. The fraction of sp³-hybridized carbons (Fsp3) is 0.0667. The van der Waals surface area contributed by atoms with E-state index < -0.39 is 29.3 Å². The maximum Gasteiger partial charge on any atom is 0.420 e. The first-order valence-electron chi connectivity index (χ1n) is 6.94. The summed E-state index contributed by atoms with van der Waals surface area (Å²) in [5.74, 6) is -2.29. The standard InChI is InChI=1S/C15H9BrClF4N5O/c16-10-5-11(17)8(4-12(10)18)14(27)25-7-3-9(15(19,20)21)13(23-6-7)26-24-2-1-22/h1-6,22H,(H,23,26)(H,25,27)/b22-1?,24-2-. The highest BCUT2D eigenvalue weighted by Crippen LogP contribution is 2.35. The summed E-state index contributed by atoms with van der Waals surface area (Å²) in [6.45, 7) is 0. The number of carbonyl (C=O) groups is 1. The average Bonchev–Trinajstić information content (AvgIpc) is 2.58. The molecular formula is C15H9BrClF4N5O. The van der Waals surface area contributed by atoms with Crippen LogP contribution in [0, 0.1) is 11.2 Å². The smallest absolute Gasteiger partial charge is 0.321 e. The van der Waals surface area contributed by atoms with E-state index in [2.05, 4.69) is 36.8 Å². The zero-order chi connectivity index (χ0) is 20.2. The third-order valence-corrected chi connectivity index (χ3v) is 3.95. The maximum atomic E-state index is 13.6. The number of carbonyl (C=O) groups excluding carboxylic acids is 1. The summed E-state index contributed by atoms with van der Waals surface area (Å²) >= 11 is 8.77. The van der Waals surface area contributed by atoms with Crippen molar-refractivity contribution >= 4 is 57.4 Å². The molecule has 1 heterocycles. The molecule has 1 aromatic heterocycles. The molecular weight excluding hydrogens is 458 g/mol. The lowest BCUT2D eigenvalue weighted by molar-refractivity contribution is -0.137. The summed E-state index contributed by atoms with van der Waals surface area (Å²) in [5.41, 5.74) is 0.311. The fourth-order valence-electron chi connectivity index (χ4n) is 1.87. The second-order valence-electron chi connectivity index (χ2n) is 4.87. The van der Waals surface area contributed by atoms with Gasteiger partial charge in [-0.05, 0) is 34.1 Å². The SMILES string of the molecule is N=C/C=N\Nc1ncc(NC(=O)c2cc(F)c(Br)cc2Cl)cc1C(F)(F)F. The first kappa shape index (κ1) is 20.8. The number of rotatable bonds is 5. The number of nitrogens with one attached hydrogen (secondary N) is 3. The Labute approximate surface area is 163 Å². The van der Waals surface area contributed by atoms with Crippen molar-refractivity contribution in [3.8, 4) is 0 Å². The zero-order valence-electron chi connectivity index (χ0n) is 13.0. The van der Waals surface area contributed by atoms with E-state index in [1.54, 1.807) is 0 Å². The van der Waals surface area contributed by atoms with Crippen LogP contribution in [0.3, 0.4) is 0 Å². The molecule has 0 aliphatic rings. The number of hydrogen-bond acceptors (Lipinski definition) is 5. The van der Waals surface area contributed by atoms with Gasteiger partial charge in [-0.15, -0.1) is 0 Å². The van der Waals surface area contributed by atoms with Crippen molar-refractivity contribution < 1.29 is 22.4 Å². The number of benzene rings is 1. The van der Waals surface area contributed by atoms with E-state index in [0.29, 0.717) is 6.07 Å².